The van der Waals surface area contributed by atoms with E-state index in [-0.39, 0.29) is 5.25 Å². The van der Waals surface area contributed by atoms with Crippen LogP contribution in [0.15, 0.2) is 29.4 Å². The molecule has 0 bridgehead atoms. The number of ether oxygens (including phenoxy) is 1. The van der Waals surface area contributed by atoms with Gasteiger partial charge in [0.15, 0.2) is 5.82 Å². The third-order valence-corrected chi connectivity index (χ3v) is 4.17. The number of hydrogen-bond acceptors (Lipinski definition) is 5. The van der Waals surface area contributed by atoms with Gasteiger partial charge in [0, 0.05) is 18.8 Å². The van der Waals surface area contributed by atoms with Crippen molar-refractivity contribution in [2.45, 2.75) is 30.7 Å². The molecule has 108 valence electrons. The maximum atomic E-state index is 6.02. The van der Waals surface area contributed by atoms with E-state index in [4.69, 9.17) is 10.6 Å². The van der Waals surface area contributed by atoms with Crippen LogP contribution < -0.4 is 5.84 Å². The number of aryl methyl sites for hydroxylation is 1. The monoisotopic (exact) mass is 292 g/mol. The Morgan fingerprint density at radius 1 is 1.40 bits per heavy atom. The van der Waals surface area contributed by atoms with Crippen molar-refractivity contribution in [2.24, 2.45) is 0 Å². The summed E-state index contributed by atoms with van der Waals surface area (Å²) in [6.07, 6.45) is 0.666. The molecule has 6 heteroatoms. The lowest BCUT2D eigenvalue weighted by molar-refractivity contribution is 0.200. The summed E-state index contributed by atoms with van der Waals surface area (Å²) in [5, 5.41) is 9.26. The summed E-state index contributed by atoms with van der Waals surface area (Å²) in [7, 11) is 1.66. The predicted molar refractivity (Wildman–Crippen MR) is 81.2 cm³/mol. The summed E-state index contributed by atoms with van der Waals surface area (Å²) in [4.78, 5) is 0. The summed E-state index contributed by atoms with van der Waals surface area (Å²) in [5.41, 5.74) is 2.52. The molecule has 2 rings (SSSR count). The Bertz CT molecular complexity index is 570. The topological polar surface area (TPSA) is 66.0 Å². The number of rotatable bonds is 6. The molecule has 20 heavy (non-hydrogen) atoms. The van der Waals surface area contributed by atoms with Crippen LogP contribution in [0.25, 0.3) is 0 Å². The molecule has 0 saturated carbocycles. The summed E-state index contributed by atoms with van der Waals surface area (Å²) in [6.45, 7) is 4.82. The first kappa shape index (κ1) is 14.9. The van der Waals surface area contributed by atoms with Gasteiger partial charge >= 0.3 is 0 Å². The standard InChI is InChI=1S/C14H20N4OS/c1-10-5-4-6-12(9-10)11(2)20-14-17-16-13(18(14)15)7-8-19-3/h4-6,9,11H,7-8,15H2,1-3H3/t11-/m1/s1. The van der Waals surface area contributed by atoms with E-state index in [0.29, 0.717) is 13.0 Å². The number of nitrogens with two attached hydrogens (primary N) is 1. The molecule has 0 spiro atoms. The van der Waals surface area contributed by atoms with Gasteiger partial charge in [0.1, 0.15) is 0 Å². The molecule has 0 unspecified atom stereocenters. The minimum absolute atomic E-state index is 0.275. The van der Waals surface area contributed by atoms with Gasteiger partial charge in [0.25, 0.3) is 0 Å². The van der Waals surface area contributed by atoms with Gasteiger partial charge in [-0.25, -0.2) is 4.68 Å². The van der Waals surface area contributed by atoms with Gasteiger partial charge in [0.2, 0.25) is 5.16 Å². The molecule has 0 aliphatic rings. The van der Waals surface area contributed by atoms with Crippen molar-refractivity contribution in [3.05, 3.63) is 41.2 Å². The van der Waals surface area contributed by atoms with Gasteiger partial charge < -0.3 is 10.6 Å². The van der Waals surface area contributed by atoms with Gasteiger partial charge in [-0.2, -0.15) is 0 Å². The Labute approximate surface area is 123 Å². The minimum atomic E-state index is 0.275. The van der Waals surface area contributed by atoms with Crippen molar-refractivity contribution in [3.8, 4) is 0 Å². The van der Waals surface area contributed by atoms with Crippen LogP contribution in [0.4, 0.5) is 0 Å². The fourth-order valence-electron chi connectivity index (χ4n) is 1.90. The summed E-state index contributed by atoms with van der Waals surface area (Å²) in [5.74, 6) is 6.76. The van der Waals surface area contributed by atoms with Crippen LogP contribution >= 0.6 is 11.8 Å². The normalized spacial score (nSPS) is 12.6. The van der Waals surface area contributed by atoms with Gasteiger partial charge in [-0.15, -0.1) is 10.2 Å². The van der Waals surface area contributed by atoms with Gasteiger partial charge in [-0.3, -0.25) is 0 Å². The Balaban J connectivity index is 2.08. The molecule has 2 N–H and O–H groups in total. The second-order valence-electron chi connectivity index (χ2n) is 4.69. The molecule has 0 amide bonds. The molecule has 2 aromatic rings. The van der Waals surface area contributed by atoms with E-state index in [0.717, 1.165) is 11.0 Å². The quantitative estimate of drug-likeness (QED) is 0.654. The van der Waals surface area contributed by atoms with Gasteiger partial charge in [-0.05, 0) is 19.4 Å². The highest BCUT2D eigenvalue weighted by molar-refractivity contribution is 7.99. The smallest absolute Gasteiger partial charge is 0.210 e. The van der Waals surface area contributed by atoms with E-state index in [1.54, 1.807) is 23.5 Å². The maximum absolute atomic E-state index is 6.02. The first-order chi connectivity index (χ1) is 9.61. The lowest BCUT2D eigenvalue weighted by atomic mass is 10.1. The van der Waals surface area contributed by atoms with Gasteiger partial charge in [0.05, 0.1) is 6.61 Å². The highest BCUT2D eigenvalue weighted by Crippen LogP contribution is 2.33. The number of methoxy groups -OCH3 is 1. The summed E-state index contributed by atoms with van der Waals surface area (Å²) < 4.78 is 6.58. The van der Waals surface area contributed by atoms with Gasteiger partial charge in [-0.1, -0.05) is 41.6 Å². The molecular formula is C14H20N4OS. The molecule has 1 atom stereocenters. The Morgan fingerprint density at radius 3 is 2.90 bits per heavy atom. The zero-order valence-electron chi connectivity index (χ0n) is 12.0. The molecule has 0 aliphatic heterocycles. The van der Waals surface area contributed by atoms with Crippen LogP contribution in [-0.4, -0.2) is 28.6 Å². The van der Waals surface area contributed by atoms with Crippen LogP contribution in [0.2, 0.25) is 0 Å². The number of aromatic nitrogens is 3. The van der Waals surface area contributed by atoms with Crippen molar-refractivity contribution in [1.82, 2.24) is 14.9 Å². The Morgan fingerprint density at radius 2 is 2.20 bits per heavy atom. The van der Waals surface area contributed by atoms with Crippen molar-refractivity contribution in [3.63, 3.8) is 0 Å². The molecule has 0 fully saturated rings. The highest BCUT2D eigenvalue weighted by Gasteiger charge is 2.15. The van der Waals surface area contributed by atoms with Crippen molar-refractivity contribution >= 4 is 11.8 Å². The first-order valence-corrected chi connectivity index (χ1v) is 7.41. The SMILES string of the molecule is COCCc1nnc(S[C@H](C)c2cccc(C)c2)n1N. The van der Waals surface area contributed by atoms with Crippen LogP contribution in [0.5, 0.6) is 0 Å². The number of thioether (sulfide) groups is 1. The fourth-order valence-corrected chi connectivity index (χ4v) is 2.81. The fraction of sp³-hybridized carbons (Fsp3) is 0.429. The zero-order valence-corrected chi connectivity index (χ0v) is 12.9. The lowest BCUT2D eigenvalue weighted by Gasteiger charge is -2.11. The Hall–Kier alpha value is -1.53. The number of nitrogens with zero attached hydrogens (tertiary/aromatic N) is 3. The number of benzene rings is 1. The van der Waals surface area contributed by atoms with Crippen molar-refractivity contribution < 1.29 is 4.74 Å². The molecule has 0 radical (unpaired) electrons. The van der Waals surface area contributed by atoms with E-state index in [2.05, 4.69) is 48.3 Å². The molecule has 1 aromatic heterocycles. The largest absolute Gasteiger partial charge is 0.384 e. The maximum Gasteiger partial charge on any atom is 0.210 e. The molecule has 1 heterocycles. The van der Waals surface area contributed by atoms with E-state index in [9.17, 15) is 0 Å². The minimum Gasteiger partial charge on any atom is -0.384 e. The van der Waals surface area contributed by atoms with Crippen LogP contribution in [0.3, 0.4) is 0 Å². The summed E-state index contributed by atoms with van der Waals surface area (Å²) in [6, 6.07) is 8.46. The zero-order chi connectivity index (χ0) is 14.5. The van der Waals surface area contributed by atoms with E-state index in [1.807, 2.05) is 0 Å². The third kappa shape index (κ3) is 3.52. The predicted octanol–water partition coefficient (Wildman–Crippen LogP) is 2.34. The van der Waals surface area contributed by atoms with Crippen LogP contribution in [0.1, 0.15) is 29.1 Å². The van der Waals surface area contributed by atoms with E-state index < -0.39 is 0 Å². The van der Waals surface area contributed by atoms with Crippen LogP contribution in [-0.2, 0) is 11.2 Å². The molecule has 0 saturated heterocycles. The van der Waals surface area contributed by atoms with Crippen LogP contribution in [0, 0.1) is 6.92 Å². The summed E-state index contributed by atoms with van der Waals surface area (Å²) >= 11 is 1.61. The second-order valence-corrected chi connectivity index (χ2v) is 5.99. The molecule has 1 aromatic carbocycles. The third-order valence-electron chi connectivity index (χ3n) is 3.06. The van der Waals surface area contributed by atoms with E-state index in [1.165, 1.54) is 11.1 Å². The number of hydrogen-bond donors (Lipinski definition) is 1. The first-order valence-electron chi connectivity index (χ1n) is 6.53. The molecular weight excluding hydrogens is 272 g/mol. The Kier molecular flexibility index (Phi) is 5.03. The second kappa shape index (κ2) is 6.76. The van der Waals surface area contributed by atoms with Crippen molar-refractivity contribution in [2.75, 3.05) is 19.6 Å². The average molecular weight is 292 g/mol. The number of nitrogen functional groups attached to an aromatic ring is 1. The molecule has 0 aliphatic carbocycles. The lowest BCUT2D eigenvalue weighted by Crippen LogP contribution is -2.15. The molecule has 5 nitrogen and oxygen atoms in total. The average Bonchev–Trinajstić information content (AvgIpc) is 2.77. The van der Waals surface area contributed by atoms with E-state index >= 15 is 0 Å². The highest BCUT2D eigenvalue weighted by atomic mass is 32.2. The van der Waals surface area contributed by atoms with Crippen molar-refractivity contribution in [1.29, 1.82) is 0 Å².